The van der Waals surface area contributed by atoms with Gasteiger partial charge in [-0.25, -0.2) is 4.68 Å². The molecular weight excluding hydrogens is 435 g/mol. The zero-order chi connectivity index (χ0) is 24.2. The second kappa shape index (κ2) is 9.72. The van der Waals surface area contributed by atoms with Crippen molar-refractivity contribution in [3.8, 4) is 11.4 Å². The minimum atomic E-state index is -4.63. The second-order valence-corrected chi connectivity index (χ2v) is 7.33. The molecule has 0 radical (unpaired) electrons. The van der Waals surface area contributed by atoms with E-state index in [2.05, 4.69) is 11.7 Å². The van der Waals surface area contributed by atoms with Crippen molar-refractivity contribution in [2.24, 2.45) is 0 Å². The number of carbonyl (C=O) groups excluding carboxylic acids is 1. The number of aromatic nitrogens is 2. The van der Waals surface area contributed by atoms with E-state index in [0.717, 1.165) is 22.4 Å². The highest BCUT2D eigenvalue weighted by Gasteiger charge is 2.34. The highest BCUT2D eigenvalue weighted by Crippen LogP contribution is 2.33. The van der Waals surface area contributed by atoms with Crippen LogP contribution in [-0.2, 0) is 12.7 Å². The molecule has 9 heteroatoms. The summed E-state index contributed by atoms with van der Waals surface area (Å²) in [6.07, 6.45) is -3.01. The molecule has 3 rings (SSSR count). The maximum absolute atomic E-state index is 13.5. The molecule has 0 saturated heterocycles. The van der Waals surface area contributed by atoms with Crippen molar-refractivity contribution in [2.45, 2.75) is 19.6 Å². The maximum atomic E-state index is 13.5. The van der Waals surface area contributed by atoms with Crippen LogP contribution in [0.4, 0.5) is 13.2 Å². The van der Waals surface area contributed by atoms with Gasteiger partial charge in [-0.1, -0.05) is 36.9 Å². The van der Waals surface area contributed by atoms with Crippen molar-refractivity contribution in [3.05, 3.63) is 100.0 Å². The summed E-state index contributed by atoms with van der Waals surface area (Å²) in [5, 5.41) is 4.01. The summed E-state index contributed by atoms with van der Waals surface area (Å²) in [4.78, 5) is 26.7. The van der Waals surface area contributed by atoms with Crippen LogP contribution >= 0.6 is 0 Å². The number of rotatable bonds is 7. The summed E-state index contributed by atoms with van der Waals surface area (Å²) in [5.74, 6) is -0.0655. The number of hydrogen-bond donors (Lipinski definition) is 0. The van der Waals surface area contributed by atoms with Gasteiger partial charge >= 0.3 is 6.18 Å². The van der Waals surface area contributed by atoms with Gasteiger partial charge in [-0.3, -0.25) is 9.59 Å². The Morgan fingerprint density at radius 3 is 2.48 bits per heavy atom. The molecule has 2 aromatic carbocycles. The largest absolute Gasteiger partial charge is 0.490 e. The summed E-state index contributed by atoms with van der Waals surface area (Å²) in [5.41, 5.74) is -1.38. The first-order valence-corrected chi connectivity index (χ1v) is 9.97. The van der Waals surface area contributed by atoms with E-state index >= 15 is 0 Å². The second-order valence-electron chi connectivity index (χ2n) is 7.33. The van der Waals surface area contributed by atoms with E-state index in [1.54, 1.807) is 30.3 Å². The number of carbonyl (C=O) groups is 1. The summed E-state index contributed by atoms with van der Waals surface area (Å²) in [7, 11) is 1.49. The Morgan fingerprint density at radius 1 is 1.18 bits per heavy atom. The quantitative estimate of drug-likeness (QED) is 0.494. The molecule has 0 aliphatic heterocycles. The van der Waals surface area contributed by atoms with Crippen LogP contribution in [0.2, 0.25) is 0 Å². The number of para-hydroxylation sites is 1. The van der Waals surface area contributed by atoms with E-state index in [-0.39, 0.29) is 17.9 Å². The predicted octanol–water partition coefficient (Wildman–Crippen LogP) is 4.40. The average molecular weight is 457 g/mol. The van der Waals surface area contributed by atoms with Crippen LogP contribution in [-0.4, -0.2) is 34.2 Å². The zero-order valence-electron chi connectivity index (χ0n) is 18.1. The molecule has 0 bridgehead atoms. The summed E-state index contributed by atoms with van der Waals surface area (Å²) in [6, 6.07) is 13.0. The lowest BCUT2D eigenvalue weighted by Crippen LogP contribution is -2.33. The minimum absolute atomic E-state index is 0.161. The fraction of sp³-hybridized carbons (Fsp3) is 0.208. The lowest BCUT2D eigenvalue weighted by Gasteiger charge is -2.19. The lowest BCUT2D eigenvalue weighted by atomic mass is 10.1. The number of amides is 1. The Bertz CT molecular complexity index is 1220. The monoisotopic (exact) mass is 457 g/mol. The molecule has 1 heterocycles. The normalized spacial score (nSPS) is 11.2. The van der Waals surface area contributed by atoms with Crippen molar-refractivity contribution < 1.29 is 22.7 Å². The molecule has 0 fully saturated rings. The van der Waals surface area contributed by atoms with E-state index < -0.39 is 28.8 Å². The molecule has 0 unspecified atom stereocenters. The van der Waals surface area contributed by atoms with E-state index in [1.165, 1.54) is 37.1 Å². The van der Waals surface area contributed by atoms with E-state index in [9.17, 15) is 22.8 Å². The van der Waals surface area contributed by atoms with Crippen LogP contribution in [0.15, 0.2) is 72.0 Å². The minimum Gasteiger partial charge on any atom is -0.490 e. The number of benzene rings is 2. The Kier molecular flexibility index (Phi) is 7.01. The third-order valence-electron chi connectivity index (χ3n) is 4.81. The highest BCUT2D eigenvalue weighted by molar-refractivity contribution is 5.91. The number of aryl methyl sites for hydroxylation is 1. The van der Waals surface area contributed by atoms with Gasteiger partial charge in [-0.2, -0.15) is 18.3 Å². The van der Waals surface area contributed by atoms with Gasteiger partial charge < -0.3 is 9.64 Å². The van der Waals surface area contributed by atoms with Crippen LogP contribution in [0.1, 0.15) is 27.3 Å². The topological polar surface area (TPSA) is 64.4 Å². The molecule has 33 heavy (non-hydrogen) atoms. The molecule has 3 aromatic rings. The first-order valence-electron chi connectivity index (χ1n) is 9.97. The van der Waals surface area contributed by atoms with Gasteiger partial charge in [0.25, 0.3) is 5.91 Å². The van der Waals surface area contributed by atoms with E-state index in [1.807, 2.05) is 0 Å². The first-order chi connectivity index (χ1) is 15.6. The smallest absolute Gasteiger partial charge is 0.418 e. The van der Waals surface area contributed by atoms with Gasteiger partial charge in [-0.05, 0) is 36.8 Å². The van der Waals surface area contributed by atoms with Gasteiger partial charge in [0, 0.05) is 25.4 Å². The van der Waals surface area contributed by atoms with Crippen molar-refractivity contribution in [1.82, 2.24) is 14.7 Å². The molecule has 0 N–H and O–H groups in total. The van der Waals surface area contributed by atoms with Gasteiger partial charge in [-0.15, -0.1) is 0 Å². The number of halogens is 3. The van der Waals surface area contributed by atoms with E-state index in [0.29, 0.717) is 12.4 Å². The number of ether oxygens (including phenoxy) is 1. The first kappa shape index (κ1) is 23.8. The molecule has 6 nitrogen and oxygen atoms in total. The highest BCUT2D eigenvalue weighted by atomic mass is 19.4. The van der Waals surface area contributed by atoms with Gasteiger partial charge in [0.15, 0.2) is 5.69 Å². The van der Waals surface area contributed by atoms with Crippen molar-refractivity contribution in [3.63, 3.8) is 0 Å². The van der Waals surface area contributed by atoms with Crippen LogP contribution in [0.25, 0.3) is 5.69 Å². The van der Waals surface area contributed by atoms with Crippen molar-refractivity contribution in [1.29, 1.82) is 0 Å². The fourth-order valence-electron chi connectivity index (χ4n) is 3.21. The van der Waals surface area contributed by atoms with E-state index in [4.69, 9.17) is 4.74 Å². The predicted molar refractivity (Wildman–Crippen MR) is 118 cm³/mol. The van der Waals surface area contributed by atoms with Crippen LogP contribution in [0.5, 0.6) is 5.75 Å². The van der Waals surface area contributed by atoms with Crippen LogP contribution in [0.3, 0.4) is 0 Å². The summed E-state index contributed by atoms with van der Waals surface area (Å²) in [6.45, 7) is 5.55. The molecule has 0 saturated carbocycles. The lowest BCUT2D eigenvalue weighted by molar-refractivity contribution is -0.137. The number of nitrogens with zero attached hydrogens (tertiary/aromatic N) is 3. The Hall–Kier alpha value is -3.88. The summed E-state index contributed by atoms with van der Waals surface area (Å²) >= 11 is 0. The molecule has 0 aliphatic rings. The molecule has 1 amide bonds. The third kappa shape index (κ3) is 5.49. The summed E-state index contributed by atoms with van der Waals surface area (Å²) < 4.78 is 46.8. The van der Waals surface area contributed by atoms with Gasteiger partial charge in [0.1, 0.15) is 12.4 Å². The molecule has 172 valence electrons. The molecule has 0 atom stereocenters. The number of hydrogen-bond acceptors (Lipinski definition) is 4. The van der Waals surface area contributed by atoms with Gasteiger partial charge in [0.05, 0.1) is 11.3 Å². The van der Waals surface area contributed by atoms with Crippen molar-refractivity contribution >= 4 is 5.91 Å². The molecule has 0 aliphatic carbocycles. The van der Waals surface area contributed by atoms with Crippen LogP contribution in [0, 0.1) is 6.92 Å². The molecule has 1 aromatic heterocycles. The Morgan fingerprint density at radius 2 is 1.85 bits per heavy atom. The fourth-order valence-corrected chi connectivity index (χ4v) is 3.21. The molecule has 0 spiro atoms. The Labute approximate surface area is 188 Å². The van der Waals surface area contributed by atoms with Crippen LogP contribution < -0.4 is 10.2 Å². The average Bonchev–Trinajstić information content (AvgIpc) is 2.77. The molecular formula is C24H22F3N3O3. The zero-order valence-corrected chi connectivity index (χ0v) is 18.1. The number of alkyl halides is 3. The van der Waals surface area contributed by atoms with Gasteiger partial charge in [0.2, 0.25) is 5.43 Å². The van der Waals surface area contributed by atoms with Crippen molar-refractivity contribution in [2.75, 3.05) is 13.7 Å². The SMILES string of the molecule is C=CCOc1ccc(CN(C)C(=O)c2nn(-c3ccccc3C(F)(F)F)c(C)cc2=O)cc1. The maximum Gasteiger partial charge on any atom is 0.418 e. The third-order valence-corrected chi connectivity index (χ3v) is 4.81. The standard InChI is InChI=1S/C24H22F3N3O3/c1-4-13-33-18-11-9-17(10-12-18)15-29(3)23(32)22-21(31)14-16(2)30(28-22)20-8-6-5-7-19(20)24(25,26)27/h4-12,14H,1,13,15H2,2-3H3. The Balaban J connectivity index is 1.90.